The van der Waals surface area contributed by atoms with Gasteiger partial charge in [-0.15, -0.1) is 11.3 Å². The van der Waals surface area contributed by atoms with Gasteiger partial charge in [0.2, 0.25) is 0 Å². The van der Waals surface area contributed by atoms with Crippen molar-refractivity contribution in [2.24, 2.45) is 0 Å². The van der Waals surface area contributed by atoms with E-state index in [0.717, 1.165) is 27.6 Å². The molecule has 0 spiro atoms. The molecule has 0 amide bonds. The van der Waals surface area contributed by atoms with Crippen LogP contribution in [0.3, 0.4) is 0 Å². The monoisotopic (exact) mass is 439 g/mol. The number of aromatic nitrogens is 1. The van der Waals surface area contributed by atoms with E-state index in [0.29, 0.717) is 26.4 Å². The van der Waals surface area contributed by atoms with E-state index in [9.17, 15) is 4.79 Å². The maximum Gasteiger partial charge on any atom is 0.332 e. The van der Waals surface area contributed by atoms with Gasteiger partial charge in [-0.3, -0.25) is 0 Å². The fraction of sp³-hybridized carbons (Fsp3) is 0.333. The van der Waals surface area contributed by atoms with Crippen molar-refractivity contribution in [3.8, 4) is 16.3 Å². The summed E-state index contributed by atoms with van der Waals surface area (Å²) in [6.45, 7) is 5.32. The summed E-state index contributed by atoms with van der Waals surface area (Å²) in [7, 11) is 0. The second-order valence-corrected chi connectivity index (χ2v) is 8.21. The van der Waals surface area contributed by atoms with Crippen LogP contribution < -0.4 is 4.74 Å². The molecule has 0 aliphatic carbocycles. The van der Waals surface area contributed by atoms with Gasteiger partial charge in [0.05, 0.1) is 25.5 Å². The third-order valence-corrected chi connectivity index (χ3v) is 6.06. The van der Waals surface area contributed by atoms with Gasteiger partial charge in [-0.25, -0.2) is 9.78 Å². The summed E-state index contributed by atoms with van der Waals surface area (Å²) in [5, 5.41) is 3.03. The fourth-order valence-corrected chi connectivity index (χ4v) is 4.24. The van der Waals surface area contributed by atoms with Crippen LogP contribution in [0.4, 0.5) is 0 Å². The first-order valence-corrected chi connectivity index (χ1v) is 11.1. The molecule has 4 rings (SSSR count). The van der Waals surface area contributed by atoms with Crippen molar-refractivity contribution in [2.45, 2.75) is 26.1 Å². The maximum atomic E-state index is 11.6. The molecule has 162 valence electrons. The molecular formula is C24H25NO5S. The van der Waals surface area contributed by atoms with Crippen LogP contribution in [-0.4, -0.2) is 37.4 Å². The summed E-state index contributed by atoms with van der Waals surface area (Å²) in [4.78, 5) is 16.3. The van der Waals surface area contributed by atoms with E-state index in [4.69, 9.17) is 23.9 Å². The number of benzene rings is 2. The third kappa shape index (κ3) is 4.95. The highest BCUT2D eigenvalue weighted by atomic mass is 32.1. The van der Waals surface area contributed by atoms with E-state index in [1.807, 2.05) is 41.8 Å². The molecule has 6 nitrogen and oxygen atoms in total. The minimum absolute atomic E-state index is 0.0947. The average molecular weight is 440 g/mol. The van der Waals surface area contributed by atoms with Crippen LogP contribution in [0.2, 0.25) is 0 Å². The number of hydrogen-bond acceptors (Lipinski definition) is 7. The number of ether oxygens (including phenoxy) is 4. The lowest BCUT2D eigenvalue weighted by Crippen LogP contribution is -2.49. The van der Waals surface area contributed by atoms with Crippen LogP contribution >= 0.6 is 11.3 Å². The number of thiazole rings is 1. The Hall–Kier alpha value is -2.74. The first kappa shape index (κ1) is 21.5. The van der Waals surface area contributed by atoms with E-state index in [-0.39, 0.29) is 12.6 Å². The standard InChI is InChI=1S/C24H25NO5S/c1-3-28-22(26)13-30-24(15-27-16-24)18-8-10-20(11-9-18)29-12-19-14-31-23(25-19)21-7-5-4-6-17(21)2/h4-11,14H,3,12-13,15-16H2,1-2H3. The zero-order chi connectivity index (χ0) is 21.7. The molecule has 0 atom stereocenters. The van der Waals surface area contributed by atoms with Crippen LogP contribution in [0.5, 0.6) is 5.75 Å². The molecule has 1 aromatic heterocycles. The number of carbonyl (C=O) groups excluding carboxylic acids is 1. The van der Waals surface area contributed by atoms with E-state index in [1.165, 1.54) is 5.56 Å². The highest BCUT2D eigenvalue weighted by Gasteiger charge is 2.42. The summed E-state index contributed by atoms with van der Waals surface area (Å²) >= 11 is 1.62. The molecule has 0 saturated carbocycles. The Morgan fingerprint density at radius 1 is 1.16 bits per heavy atom. The van der Waals surface area contributed by atoms with Gasteiger partial charge in [0.25, 0.3) is 0 Å². The molecule has 1 fully saturated rings. The van der Waals surface area contributed by atoms with E-state index in [1.54, 1.807) is 18.3 Å². The first-order valence-electron chi connectivity index (χ1n) is 10.2. The summed E-state index contributed by atoms with van der Waals surface area (Å²) in [6, 6.07) is 15.9. The van der Waals surface area contributed by atoms with Gasteiger partial charge < -0.3 is 18.9 Å². The Morgan fingerprint density at radius 2 is 1.94 bits per heavy atom. The Kier molecular flexibility index (Phi) is 6.65. The van der Waals surface area contributed by atoms with Crippen molar-refractivity contribution in [3.05, 3.63) is 70.7 Å². The SMILES string of the molecule is CCOC(=O)COC1(c2ccc(OCc3csc(-c4ccccc4C)n3)cc2)COC1. The smallest absolute Gasteiger partial charge is 0.332 e. The number of hydrogen-bond donors (Lipinski definition) is 0. The van der Waals surface area contributed by atoms with Gasteiger partial charge >= 0.3 is 5.97 Å². The molecule has 3 aromatic rings. The van der Waals surface area contributed by atoms with Crippen molar-refractivity contribution in [2.75, 3.05) is 26.4 Å². The fourth-order valence-electron chi connectivity index (χ4n) is 3.34. The normalized spacial score (nSPS) is 14.6. The van der Waals surface area contributed by atoms with Crippen molar-refractivity contribution in [1.82, 2.24) is 4.98 Å². The summed E-state index contributed by atoms with van der Waals surface area (Å²) < 4.78 is 22.1. The predicted octanol–water partition coefficient (Wildman–Crippen LogP) is 4.50. The molecule has 0 bridgehead atoms. The van der Waals surface area contributed by atoms with E-state index < -0.39 is 5.60 Å². The van der Waals surface area contributed by atoms with Crippen LogP contribution in [0.15, 0.2) is 53.9 Å². The zero-order valence-corrected chi connectivity index (χ0v) is 18.4. The van der Waals surface area contributed by atoms with E-state index in [2.05, 4.69) is 19.1 Å². The average Bonchev–Trinajstić information content (AvgIpc) is 3.22. The van der Waals surface area contributed by atoms with Gasteiger partial charge in [0, 0.05) is 10.9 Å². The quantitative estimate of drug-likeness (QED) is 0.457. The van der Waals surface area contributed by atoms with Gasteiger partial charge in [0.1, 0.15) is 29.6 Å². The molecule has 31 heavy (non-hydrogen) atoms. The third-order valence-electron chi connectivity index (χ3n) is 5.14. The predicted molar refractivity (Wildman–Crippen MR) is 118 cm³/mol. The molecule has 2 aromatic carbocycles. The van der Waals surface area contributed by atoms with Crippen molar-refractivity contribution in [3.63, 3.8) is 0 Å². The van der Waals surface area contributed by atoms with Gasteiger partial charge in [-0.2, -0.15) is 0 Å². The summed E-state index contributed by atoms with van der Waals surface area (Å²) in [6.07, 6.45) is 0. The second-order valence-electron chi connectivity index (χ2n) is 7.35. The van der Waals surface area contributed by atoms with Crippen LogP contribution in [0, 0.1) is 6.92 Å². The minimum Gasteiger partial charge on any atom is -0.487 e. The molecule has 7 heteroatoms. The topological polar surface area (TPSA) is 66.9 Å². The maximum absolute atomic E-state index is 11.6. The second kappa shape index (κ2) is 9.60. The van der Waals surface area contributed by atoms with Crippen molar-refractivity contribution < 1.29 is 23.7 Å². The number of nitrogens with zero attached hydrogens (tertiary/aromatic N) is 1. The molecule has 1 aliphatic rings. The Bertz CT molecular complexity index is 1030. The van der Waals surface area contributed by atoms with Crippen LogP contribution in [0.1, 0.15) is 23.7 Å². The summed E-state index contributed by atoms with van der Waals surface area (Å²) in [5.41, 5.74) is 3.60. The van der Waals surface area contributed by atoms with Crippen LogP contribution in [0.25, 0.3) is 10.6 Å². The number of carbonyl (C=O) groups is 1. The lowest BCUT2D eigenvalue weighted by Gasteiger charge is -2.41. The zero-order valence-electron chi connectivity index (χ0n) is 17.6. The Balaban J connectivity index is 1.36. The summed E-state index contributed by atoms with van der Waals surface area (Å²) in [5.74, 6) is 0.372. The minimum atomic E-state index is -0.608. The first-order chi connectivity index (χ1) is 15.1. The molecule has 2 heterocycles. The van der Waals surface area contributed by atoms with Gasteiger partial charge in [-0.05, 0) is 37.1 Å². The highest BCUT2D eigenvalue weighted by molar-refractivity contribution is 7.13. The Morgan fingerprint density at radius 3 is 2.61 bits per heavy atom. The van der Waals surface area contributed by atoms with Crippen molar-refractivity contribution in [1.29, 1.82) is 0 Å². The Labute approximate surface area is 185 Å². The lowest BCUT2D eigenvalue weighted by atomic mass is 9.91. The van der Waals surface area contributed by atoms with E-state index >= 15 is 0 Å². The molecule has 1 aliphatic heterocycles. The largest absolute Gasteiger partial charge is 0.487 e. The lowest BCUT2D eigenvalue weighted by molar-refractivity contribution is -0.221. The molecule has 0 N–H and O–H groups in total. The molecule has 1 saturated heterocycles. The molecule has 0 radical (unpaired) electrons. The van der Waals surface area contributed by atoms with Gasteiger partial charge in [0.15, 0.2) is 0 Å². The highest BCUT2D eigenvalue weighted by Crippen LogP contribution is 2.35. The number of esters is 1. The van der Waals surface area contributed by atoms with Crippen LogP contribution in [-0.2, 0) is 31.2 Å². The molecule has 0 unspecified atom stereocenters. The number of rotatable bonds is 9. The molecular weight excluding hydrogens is 414 g/mol. The van der Waals surface area contributed by atoms with Crippen molar-refractivity contribution >= 4 is 17.3 Å². The number of aryl methyl sites for hydroxylation is 1. The van der Waals surface area contributed by atoms with Gasteiger partial charge in [-0.1, -0.05) is 36.4 Å².